The van der Waals surface area contributed by atoms with Crippen LogP contribution < -0.4 is 9.80 Å². The van der Waals surface area contributed by atoms with Gasteiger partial charge in [0.25, 0.3) is 5.91 Å². The Bertz CT molecular complexity index is 1520. The molecule has 4 heterocycles. The number of carbonyl (C=O) groups is 2. The van der Waals surface area contributed by atoms with Crippen molar-refractivity contribution in [3.05, 3.63) is 68.7 Å². The monoisotopic (exact) mass is 582 g/mol. The molecule has 2 aliphatic rings. The first-order valence-corrected chi connectivity index (χ1v) is 13.8. The van der Waals surface area contributed by atoms with Crippen LogP contribution in [0.15, 0.2) is 30.5 Å². The number of hydrogen-bond acceptors (Lipinski definition) is 7. The third-order valence-electron chi connectivity index (χ3n) is 7.71. The topological polar surface area (TPSA) is 103 Å². The van der Waals surface area contributed by atoms with E-state index in [4.69, 9.17) is 33.2 Å². The quantitative estimate of drug-likeness (QED) is 0.420. The highest BCUT2D eigenvalue weighted by molar-refractivity contribution is 6.42. The summed E-state index contributed by atoms with van der Waals surface area (Å²) in [6.07, 6.45) is 1.55. The number of aryl methyl sites for hydroxylation is 2. The molecule has 0 bridgehead atoms. The molecule has 1 saturated heterocycles. The van der Waals surface area contributed by atoms with Gasteiger partial charge in [-0.2, -0.15) is 0 Å². The van der Waals surface area contributed by atoms with Crippen LogP contribution >= 0.6 is 23.2 Å². The third kappa shape index (κ3) is 4.86. The highest BCUT2D eigenvalue weighted by Crippen LogP contribution is 2.43. The van der Waals surface area contributed by atoms with Gasteiger partial charge in [0.2, 0.25) is 0 Å². The number of carboxylic acid groups (broad SMARTS) is 1. The molecule has 0 spiro atoms. The molecule has 40 heavy (non-hydrogen) atoms. The van der Waals surface area contributed by atoms with E-state index in [9.17, 15) is 14.7 Å². The Hall–Kier alpha value is -3.43. The van der Waals surface area contributed by atoms with Crippen molar-refractivity contribution in [2.24, 2.45) is 0 Å². The van der Waals surface area contributed by atoms with Crippen molar-refractivity contribution < 1.29 is 14.7 Å². The second-order valence-corrected chi connectivity index (χ2v) is 12.6. The lowest BCUT2D eigenvalue weighted by molar-refractivity contribution is 0.0506. The zero-order chi connectivity index (χ0) is 29.1. The molecule has 0 radical (unpaired) electrons. The molecule has 1 aromatic carbocycles. The van der Waals surface area contributed by atoms with Gasteiger partial charge in [-0.3, -0.25) is 4.79 Å². The number of carbonyl (C=O) groups excluding carboxylic acids is 1. The Morgan fingerprint density at radius 1 is 0.975 bits per heavy atom. The predicted molar refractivity (Wildman–Crippen MR) is 157 cm³/mol. The second-order valence-electron chi connectivity index (χ2n) is 11.7. The zero-order valence-corrected chi connectivity index (χ0v) is 24.9. The largest absolute Gasteiger partial charge is 0.478 e. The molecule has 5 rings (SSSR count). The van der Waals surface area contributed by atoms with Crippen molar-refractivity contribution in [1.82, 2.24) is 19.9 Å². The van der Waals surface area contributed by atoms with E-state index in [0.717, 1.165) is 11.4 Å². The maximum Gasteiger partial charge on any atom is 0.337 e. The van der Waals surface area contributed by atoms with Gasteiger partial charge in [0.15, 0.2) is 5.82 Å². The standard InChI is InChI=1S/C29H32Cl2N6O3/c1-16-11-22(33-17(2)23(16)27(39)40)35-9-10-37(29(5,6)15-35)26(38)21-13-32-25-24(34-21)28(3,4)14-36(25)18-7-8-19(30)20(31)12-18/h7-8,11-13H,9-10,14-15H2,1-6H3,(H,39,40). The highest BCUT2D eigenvalue weighted by Gasteiger charge is 2.42. The maximum atomic E-state index is 13.8. The minimum Gasteiger partial charge on any atom is -0.478 e. The van der Waals surface area contributed by atoms with Crippen LogP contribution in [0.3, 0.4) is 0 Å². The molecular weight excluding hydrogens is 551 g/mol. The van der Waals surface area contributed by atoms with E-state index < -0.39 is 11.5 Å². The van der Waals surface area contributed by atoms with E-state index in [0.29, 0.717) is 64.8 Å². The van der Waals surface area contributed by atoms with Gasteiger partial charge in [-0.25, -0.2) is 19.7 Å². The minimum absolute atomic E-state index is 0.176. The molecule has 0 saturated carbocycles. The summed E-state index contributed by atoms with van der Waals surface area (Å²) in [4.78, 5) is 45.5. The predicted octanol–water partition coefficient (Wildman–Crippen LogP) is 5.66. The summed E-state index contributed by atoms with van der Waals surface area (Å²) >= 11 is 12.4. The molecule has 11 heteroatoms. The lowest BCUT2D eigenvalue weighted by atomic mass is 9.92. The minimum atomic E-state index is -0.983. The summed E-state index contributed by atoms with van der Waals surface area (Å²) in [5, 5.41) is 10.4. The maximum absolute atomic E-state index is 13.8. The molecule has 3 aromatic rings. The Morgan fingerprint density at radius 3 is 2.33 bits per heavy atom. The summed E-state index contributed by atoms with van der Waals surface area (Å²) in [5.74, 6) is 0.251. The molecule has 9 nitrogen and oxygen atoms in total. The number of aromatic carboxylic acids is 1. The number of piperazine rings is 1. The van der Waals surface area contributed by atoms with E-state index >= 15 is 0 Å². The lowest BCUT2D eigenvalue weighted by Crippen LogP contribution is -2.61. The number of anilines is 3. The van der Waals surface area contributed by atoms with Crippen LogP contribution in [0.2, 0.25) is 10.0 Å². The zero-order valence-electron chi connectivity index (χ0n) is 23.4. The first-order chi connectivity index (χ1) is 18.7. The first-order valence-electron chi connectivity index (χ1n) is 13.1. The van der Waals surface area contributed by atoms with Gasteiger partial charge in [-0.1, -0.05) is 37.0 Å². The van der Waals surface area contributed by atoms with Crippen LogP contribution in [0.5, 0.6) is 0 Å². The molecule has 0 aliphatic carbocycles. The van der Waals surface area contributed by atoms with Crippen LogP contribution in [0.4, 0.5) is 17.3 Å². The Labute approximate surface area is 243 Å². The number of nitrogens with zero attached hydrogens (tertiary/aromatic N) is 6. The molecule has 1 amide bonds. The van der Waals surface area contributed by atoms with Crippen molar-refractivity contribution in [1.29, 1.82) is 0 Å². The number of pyridine rings is 1. The first kappa shape index (κ1) is 28.1. The van der Waals surface area contributed by atoms with Gasteiger partial charge in [0, 0.05) is 37.3 Å². The smallest absolute Gasteiger partial charge is 0.337 e. The normalized spacial score (nSPS) is 17.6. The van der Waals surface area contributed by atoms with Gasteiger partial charge < -0.3 is 19.8 Å². The summed E-state index contributed by atoms with van der Waals surface area (Å²) in [6.45, 7) is 13.9. The molecule has 0 atom stereocenters. The molecule has 2 aromatic heterocycles. The van der Waals surface area contributed by atoms with Gasteiger partial charge in [-0.15, -0.1) is 0 Å². The molecule has 2 aliphatic heterocycles. The van der Waals surface area contributed by atoms with Crippen LogP contribution in [0.25, 0.3) is 0 Å². The average molecular weight is 584 g/mol. The van der Waals surface area contributed by atoms with Crippen molar-refractivity contribution in [3.8, 4) is 0 Å². The summed E-state index contributed by atoms with van der Waals surface area (Å²) < 4.78 is 0. The average Bonchev–Trinajstić information content (AvgIpc) is 3.14. The van der Waals surface area contributed by atoms with Crippen LogP contribution in [-0.4, -0.2) is 68.6 Å². The van der Waals surface area contributed by atoms with Crippen LogP contribution in [0.1, 0.15) is 65.5 Å². The molecule has 0 unspecified atom stereocenters. The molecular formula is C29H32Cl2N6O3. The Kier molecular flexibility index (Phi) is 6.95. The van der Waals surface area contributed by atoms with Crippen molar-refractivity contribution in [2.75, 3.05) is 36.0 Å². The molecule has 1 N–H and O–H groups in total. The van der Waals surface area contributed by atoms with E-state index in [-0.39, 0.29) is 16.9 Å². The van der Waals surface area contributed by atoms with Crippen molar-refractivity contribution in [2.45, 2.75) is 52.5 Å². The summed E-state index contributed by atoms with van der Waals surface area (Å²) in [6, 6.07) is 7.27. The van der Waals surface area contributed by atoms with Crippen molar-refractivity contribution >= 4 is 52.4 Å². The van der Waals surface area contributed by atoms with Gasteiger partial charge in [0.1, 0.15) is 11.5 Å². The second kappa shape index (κ2) is 9.89. The Morgan fingerprint density at radius 2 is 1.70 bits per heavy atom. The third-order valence-corrected chi connectivity index (χ3v) is 8.45. The summed E-state index contributed by atoms with van der Waals surface area (Å²) in [7, 11) is 0. The highest BCUT2D eigenvalue weighted by atomic mass is 35.5. The number of amides is 1. The molecule has 1 fully saturated rings. The van der Waals surface area contributed by atoms with Crippen LogP contribution in [0, 0.1) is 13.8 Å². The fourth-order valence-corrected chi connectivity index (χ4v) is 6.00. The number of hydrogen-bond donors (Lipinski definition) is 1. The van der Waals surface area contributed by atoms with E-state index in [1.165, 1.54) is 0 Å². The SMILES string of the molecule is Cc1cc(N2CCN(C(=O)c3cnc4c(n3)C(C)(C)CN4c3ccc(Cl)c(Cl)c3)C(C)(C)C2)nc(C)c1C(=O)O. The fraction of sp³-hybridized carbons (Fsp3) is 0.414. The van der Waals surface area contributed by atoms with Crippen LogP contribution in [-0.2, 0) is 5.41 Å². The number of fused-ring (bicyclic) bond motifs is 1. The fourth-order valence-electron chi connectivity index (χ4n) is 5.71. The number of aromatic nitrogens is 3. The van der Waals surface area contributed by atoms with E-state index in [2.05, 4.69) is 23.7 Å². The van der Waals surface area contributed by atoms with E-state index in [1.54, 1.807) is 32.2 Å². The summed E-state index contributed by atoms with van der Waals surface area (Å²) in [5.41, 5.74) is 2.42. The van der Waals surface area contributed by atoms with Gasteiger partial charge in [0.05, 0.1) is 38.7 Å². The Balaban J connectivity index is 1.39. The van der Waals surface area contributed by atoms with E-state index in [1.807, 2.05) is 35.8 Å². The van der Waals surface area contributed by atoms with Gasteiger partial charge >= 0.3 is 5.97 Å². The number of carboxylic acids is 1. The lowest BCUT2D eigenvalue weighted by Gasteiger charge is -2.47. The van der Waals surface area contributed by atoms with Gasteiger partial charge in [-0.05, 0) is 57.5 Å². The number of rotatable bonds is 4. The number of halogens is 2. The molecule has 210 valence electrons. The number of benzene rings is 1. The van der Waals surface area contributed by atoms with Crippen molar-refractivity contribution in [3.63, 3.8) is 0 Å².